The highest BCUT2D eigenvalue weighted by Crippen LogP contribution is 2.22. The average molecular weight is 268 g/mol. The van der Waals surface area contributed by atoms with Gasteiger partial charge in [-0.1, -0.05) is 0 Å². The van der Waals surface area contributed by atoms with Crippen molar-refractivity contribution < 1.29 is 9.13 Å². The van der Waals surface area contributed by atoms with E-state index in [0.717, 1.165) is 6.07 Å². The Kier molecular flexibility index (Phi) is 4.74. The molecule has 0 fully saturated rings. The third-order valence-corrected chi connectivity index (χ3v) is 3.62. The van der Waals surface area contributed by atoms with Gasteiger partial charge in [0, 0.05) is 41.1 Å². The summed E-state index contributed by atoms with van der Waals surface area (Å²) in [6, 6.07) is 2.94. The summed E-state index contributed by atoms with van der Waals surface area (Å²) in [7, 11) is -1.02. The summed E-state index contributed by atoms with van der Waals surface area (Å²) in [4.78, 5) is 14.0. The molecule has 2 atom stereocenters. The van der Waals surface area contributed by atoms with Gasteiger partial charge in [0.15, 0.2) is 0 Å². The molecule has 0 amide bonds. The molecule has 2 unspecified atom stereocenters. The molecule has 0 aliphatic carbocycles. The molecule has 8 heteroatoms. The maximum Gasteiger partial charge on any atom is 0.312 e. The molecule has 1 heterocycles. The molecule has 0 bridgehead atoms. The third kappa shape index (κ3) is 3.49. The van der Waals surface area contributed by atoms with Crippen molar-refractivity contribution in [1.29, 1.82) is 5.26 Å². The zero-order valence-corrected chi connectivity index (χ0v) is 10.7. The van der Waals surface area contributed by atoms with Crippen LogP contribution in [-0.2, 0) is 10.8 Å². The van der Waals surface area contributed by atoms with Crippen LogP contribution in [0.25, 0.3) is 0 Å². The van der Waals surface area contributed by atoms with E-state index in [-0.39, 0.29) is 22.3 Å². The topological polar surface area (TPSA) is 109 Å². The van der Waals surface area contributed by atoms with Gasteiger partial charge in [-0.05, 0) is 6.92 Å². The molecular formula is C10H12N4O3S. The van der Waals surface area contributed by atoms with Crippen molar-refractivity contribution in [1.82, 2.24) is 4.98 Å². The molecule has 18 heavy (non-hydrogen) atoms. The Bertz CT molecular complexity index is 526. The Morgan fingerprint density at radius 1 is 1.72 bits per heavy atom. The Hall–Kier alpha value is -2.01. The summed E-state index contributed by atoms with van der Waals surface area (Å²) in [6.45, 7) is 2.07. The number of pyridine rings is 1. The van der Waals surface area contributed by atoms with Crippen molar-refractivity contribution in [2.24, 2.45) is 0 Å². The van der Waals surface area contributed by atoms with E-state index < -0.39 is 15.7 Å². The fourth-order valence-electron chi connectivity index (χ4n) is 1.15. The maximum atomic E-state index is 11.2. The van der Waals surface area contributed by atoms with Crippen LogP contribution in [0.2, 0.25) is 0 Å². The summed E-state index contributed by atoms with van der Waals surface area (Å²) in [6.07, 6.45) is 2.82. The minimum absolute atomic E-state index is 0.0799. The van der Waals surface area contributed by atoms with Crippen molar-refractivity contribution in [3.63, 3.8) is 0 Å². The zero-order valence-electron chi connectivity index (χ0n) is 9.91. The number of rotatable bonds is 5. The minimum Gasteiger partial charge on any atom is -0.363 e. The van der Waals surface area contributed by atoms with E-state index in [4.69, 9.17) is 5.26 Å². The molecule has 0 aromatic carbocycles. The van der Waals surface area contributed by atoms with Gasteiger partial charge in [0.1, 0.15) is 6.07 Å². The van der Waals surface area contributed by atoms with Gasteiger partial charge in [0.05, 0.1) is 10.5 Å². The number of anilines is 1. The van der Waals surface area contributed by atoms with Crippen LogP contribution < -0.4 is 5.32 Å². The number of nitrogens with zero attached hydrogens (tertiary/aromatic N) is 3. The van der Waals surface area contributed by atoms with Crippen LogP contribution >= 0.6 is 0 Å². The number of hydrogen-bond donors (Lipinski definition) is 1. The summed E-state index contributed by atoms with van der Waals surface area (Å²) >= 11 is 0. The molecule has 0 spiro atoms. The molecule has 0 saturated heterocycles. The van der Waals surface area contributed by atoms with Crippen LogP contribution in [0.3, 0.4) is 0 Å². The minimum atomic E-state index is -1.02. The van der Waals surface area contributed by atoms with Crippen LogP contribution in [0.1, 0.15) is 12.5 Å². The lowest BCUT2D eigenvalue weighted by molar-refractivity contribution is -0.384. The van der Waals surface area contributed by atoms with E-state index in [1.54, 1.807) is 19.2 Å². The monoisotopic (exact) mass is 268 g/mol. The Morgan fingerprint density at radius 2 is 2.39 bits per heavy atom. The van der Waals surface area contributed by atoms with Gasteiger partial charge in [-0.3, -0.25) is 14.3 Å². The Labute approximate surface area is 106 Å². The Morgan fingerprint density at radius 3 is 2.89 bits per heavy atom. The number of nitrogens with one attached hydrogen (secondary N) is 1. The predicted molar refractivity (Wildman–Crippen MR) is 67.6 cm³/mol. The Balaban J connectivity index is 2.92. The molecule has 0 saturated carbocycles. The standard InChI is InChI=1S/C10H12N4O3S/c1-7(18(2)17)5-12-10-9(14(15)16)3-8(4-11)6-13-10/h3,6-7H,5H2,1-2H3,(H,12,13). The number of nitro groups is 1. The van der Waals surface area contributed by atoms with E-state index in [1.807, 2.05) is 0 Å². The molecular weight excluding hydrogens is 256 g/mol. The predicted octanol–water partition coefficient (Wildman–Crippen LogP) is 1.04. The van der Waals surface area contributed by atoms with Gasteiger partial charge in [-0.15, -0.1) is 0 Å². The zero-order chi connectivity index (χ0) is 13.7. The van der Waals surface area contributed by atoms with Crippen molar-refractivity contribution in [3.8, 4) is 6.07 Å². The molecule has 0 radical (unpaired) electrons. The SMILES string of the molecule is CC(CNc1ncc(C#N)cc1[N+](=O)[O-])S(C)=O. The molecule has 1 aromatic rings. The van der Waals surface area contributed by atoms with Gasteiger partial charge < -0.3 is 5.32 Å². The van der Waals surface area contributed by atoms with Crippen LogP contribution in [0.5, 0.6) is 0 Å². The second kappa shape index (κ2) is 6.07. The average Bonchev–Trinajstić information content (AvgIpc) is 2.35. The normalized spacial score (nSPS) is 13.4. The van der Waals surface area contributed by atoms with Crippen molar-refractivity contribution in [2.45, 2.75) is 12.2 Å². The van der Waals surface area contributed by atoms with Gasteiger partial charge in [-0.25, -0.2) is 4.98 Å². The molecule has 96 valence electrons. The quantitative estimate of drug-likeness (QED) is 0.631. The molecule has 0 aliphatic heterocycles. The van der Waals surface area contributed by atoms with Crippen LogP contribution in [0.4, 0.5) is 11.5 Å². The van der Waals surface area contributed by atoms with Crippen molar-refractivity contribution >= 4 is 22.3 Å². The second-order valence-electron chi connectivity index (χ2n) is 3.65. The maximum absolute atomic E-state index is 11.2. The molecule has 1 rings (SSSR count). The van der Waals surface area contributed by atoms with Crippen LogP contribution in [-0.4, -0.2) is 32.2 Å². The first kappa shape index (κ1) is 14.1. The number of aromatic nitrogens is 1. The second-order valence-corrected chi connectivity index (χ2v) is 5.45. The molecule has 0 aliphatic rings. The van der Waals surface area contributed by atoms with Crippen molar-refractivity contribution in [3.05, 3.63) is 27.9 Å². The molecule has 1 N–H and O–H groups in total. The lowest BCUT2D eigenvalue weighted by Crippen LogP contribution is -2.21. The van der Waals surface area contributed by atoms with Gasteiger partial charge in [0.25, 0.3) is 0 Å². The van der Waals surface area contributed by atoms with E-state index in [2.05, 4.69) is 10.3 Å². The van der Waals surface area contributed by atoms with E-state index in [1.165, 1.54) is 6.20 Å². The van der Waals surface area contributed by atoms with E-state index in [9.17, 15) is 14.3 Å². The third-order valence-electron chi connectivity index (χ3n) is 2.32. The first-order valence-electron chi connectivity index (χ1n) is 5.06. The highest BCUT2D eigenvalue weighted by atomic mass is 32.2. The first-order valence-corrected chi connectivity index (χ1v) is 6.68. The first-order chi connectivity index (χ1) is 8.45. The highest BCUT2D eigenvalue weighted by molar-refractivity contribution is 7.84. The molecule has 7 nitrogen and oxygen atoms in total. The summed E-state index contributed by atoms with van der Waals surface area (Å²) in [5, 5.41) is 22.1. The smallest absolute Gasteiger partial charge is 0.312 e. The largest absolute Gasteiger partial charge is 0.363 e. The lowest BCUT2D eigenvalue weighted by atomic mass is 10.2. The van der Waals surface area contributed by atoms with Crippen LogP contribution in [0.15, 0.2) is 12.3 Å². The highest BCUT2D eigenvalue weighted by Gasteiger charge is 2.17. The number of hydrogen-bond acceptors (Lipinski definition) is 6. The van der Waals surface area contributed by atoms with Gasteiger partial charge in [-0.2, -0.15) is 5.26 Å². The fraction of sp³-hybridized carbons (Fsp3) is 0.400. The van der Waals surface area contributed by atoms with Gasteiger partial charge >= 0.3 is 5.69 Å². The number of nitriles is 1. The molecule has 1 aromatic heterocycles. The lowest BCUT2D eigenvalue weighted by Gasteiger charge is -2.10. The fourth-order valence-corrected chi connectivity index (χ4v) is 1.47. The van der Waals surface area contributed by atoms with E-state index in [0.29, 0.717) is 6.54 Å². The van der Waals surface area contributed by atoms with Crippen LogP contribution in [0, 0.1) is 21.4 Å². The van der Waals surface area contributed by atoms with Gasteiger partial charge in [0.2, 0.25) is 5.82 Å². The summed E-state index contributed by atoms with van der Waals surface area (Å²) in [5.74, 6) is 0.0799. The van der Waals surface area contributed by atoms with Crippen molar-refractivity contribution in [2.75, 3.05) is 18.1 Å². The summed E-state index contributed by atoms with van der Waals surface area (Å²) in [5.41, 5.74) is -0.137. The van der Waals surface area contributed by atoms with E-state index >= 15 is 0 Å². The summed E-state index contributed by atoms with van der Waals surface area (Å²) < 4.78 is 11.2.